The maximum absolute atomic E-state index is 11.6. The van der Waals surface area contributed by atoms with Crippen molar-refractivity contribution in [3.8, 4) is 0 Å². The van der Waals surface area contributed by atoms with Gasteiger partial charge in [-0.3, -0.25) is 9.00 Å². The fourth-order valence-electron chi connectivity index (χ4n) is 1.01. The average Bonchev–Trinajstić information content (AvgIpc) is 2.24. The monoisotopic (exact) mass is 234 g/mol. The minimum atomic E-state index is -1.04. The van der Waals surface area contributed by atoms with Crippen molar-refractivity contribution in [3.63, 3.8) is 0 Å². The summed E-state index contributed by atoms with van der Waals surface area (Å²) < 4.78 is 11.6. The second kappa shape index (κ2) is 7.82. The summed E-state index contributed by atoms with van der Waals surface area (Å²) in [5.74, 6) is 0.0814. The Morgan fingerprint density at radius 3 is 2.60 bits per heavy atom. The molecule has 15 heavy (non-hydrogen) atoms. The van der Waals surface area contributed by atoms with Crippen molar-refractivity contribution in [2.75, 3.05) is 25.9 Å². The third-order valence-corrected chi connectivity index (χ3v) is 4.18. The van der Waals surface area contributed by atoms with E-state index >= 15 is 0 Å². The van der Waals surface area contributed by atoms with E-state index in [0.29, 0.717) is 13.1 Å². The van der Waals surface area contributed by atoms with Gasteiger partial charge in [-0.15, -0.1) is 0 Å². The van der Waals surface area contributed by atoms with E-state index in [1.165, 1.54) is 0 Å². The lowest BCUT2D eigenvalue weighted by atomic mass is 10.4. The maximum atomic E-state index is 11.6. The Balaban J connectivity index is 3.96. The number of nitrogens with two attached hydrogens (primary N) is 1. The highest BCUT2D eigenvalue weighted by Gasteiger charge is 2.16. The normalized spacial score (nSPS) is 14.7. The number of rotatable bonds is 7. The second-order valence-electron chi connectivity index (χ2n) is 3.70. The van der Waals surface area contributed by atoms with Gasteiger partial charge in [0.2, 0.25) is 5.91 Å². The lowest BCUT2D eigenvalue weighted by Crippen LogP contribution is -2.34. The molecule has 0 aromatic carbocycles. The zero-order valence-electron chi connectivity index (χ0n) is 9.86. The maximum Gasteiger partial charge on any atom is 0.234 e. The quantitative estimate of drug-likeness (QED) is 0.691. The molecule has 0 rings (SSSR count). The molecule has 2 unspecified atom stereocenters. The topological polar surface area (TPSA) is 63.4 Å². The largest absolute Gasteiger partial charge is 0.345 e. The summed E-state index contributed by atoms with van der Waals surface area (Å²) in [6, 6.07) is 0. The number of hydrogen-bond donors (Lipinski definition) is 1. The molecule has 0 saturated carbocycles. The standard InChI is InChI=1S/C10H22N2O2S/c1-4-9(2)15(14)8-10(13)12(3)7-5-6-11/h9H,4-8,11H2,1-3H3. The Kier molecular flexibility index (Phi) is 7.60. The van der Waals surface area contributed by atoms with Crippen LogP contribution >= 0.6 is 0 Å². The van der Waals surface area contributed by atoms with Gasteiger partial charge in [-0.2, -0.15) is 0 Å². The minimum Gasteiger partial charge on any atom is -0.345 e. The second-order valence-corrected chi connectivity index (χ2v) is 5.56. The molecular formula is C10H22N2O2S. The molecule has 2 N–H and O–H groups in total. The molecule has 0 saturated heterocycles. The van der Waals surface area contributed by atoms with Crippen molar-refractivity contribution >= 4 is 16.7 Å². The fourth-order valence-corrected chi connectivity index (χ4v) is 2.13. The Bertz CT molecular complexity index is 221. The minimum absolute atomic E-state index is 0.0536. The van der Waals surface area contributed by atoms with Crippen molar-refractivity contribution in [1.29, 1.82) is 0 Å². The first-order valence-electron chi connectivity index (χ1n) is 5.34. The number of carbonyl (C=O) groups is 1. The molecule has 1 amide bonds. The van der Waals surface area contributed by atoms with Crippen molar-refractivity contribution in [1.82, 2.24) is 4.90 Å². The third-order valence-electron chi connectivity index (χ3n) is 2.41. The number of nitrogens with zero attached hydrogens (tertiary/aromatic N) is 1. The van der Waals surface area contributed by atoms with Gasteiger partial charge in [-0.1, -0.05) is 13.8 Å². The smallest absolute Gasteiger partial charge is 0.234 e. The molecule has 4 nitrogen and oxygen atoms in total. The molecule has 0 aliphatic heterocycles. The Hall–Kier alpha value is -0.420. The first-order chi connectivity index (χ1) is 7.02. The summed E-state index contributed by atoms with van der Waals surface area (Å²) >= 11 is 0. The van der Waals surface area contributed by atoms with Crippen LogP contribution in [0.25, 0.3) is 0 Å². The van der Waals surface area contributed by atoms with Crippen LogP contribution in [0.5, 0.6) is 0 Å². The lowest BCUT2D eigenvalue weighted by molar-refractivity contribution is -0.127. The van der Waals surface area contributed by atoms with Crippen molar-refractivity contribution in [2.45, 2.75) is 31.9 Å². The fraction of sp³-hybridized carbons (Fsp3) is 0.900. The van der Waals surface area contributed by atoms with Gasteiger partial charge in [0.05, 0.1) is 0 Å². The van der Waals surface area contributed by atoms with E-state index in [-0.39, 0.29) is 16.9 Å². The van der Waals surface area contributed by atoms with Crippen LogP contribution in [-0.2, 0) is 15.6 Å². The van der Waals surface area contributed by atoms with Crippen LogP contribution in [-0.4, -0.2) is 46.2 Å². The average molecular weight is 234 g/mol. The van der Waals surface area contributed by atoms with Gasteiger partial charge in [0.1, 0.15) is 5.75 Å². The van der Waals surface area contributed by atoms with Crippen LogP contribution in [0.15, 0.2) is 0 Å². The molecule has 0 aromatic heterocycles. The van der Waals surface area contributed by atoms with Crippen LogP contribution in [0.1, 0.15) is 26.7 Å². The zero-order valence-corrected chi connectivity index (χ0v) is 10.7. The molecule has 0 aliphatic carbocycles. The Labute approximate surface area is 94.7 Å². The van der Waals surface area contributed by atoms with Crippen molar-refractivity contribution in [2.24, 2.45) is 5.73 Å². The molecule has 0 fully saturated rings. The zero-order chi connectivity index (χ0) is 11.8. The van der Waals surface area contributed by atoms with Crippen LogP contribution in [0.4, 0.5) is 0 Å². The van der Waals surface area contributed by atoms with E-state index in [2.05, 4.69) is 0 Å². The van der Waals surface area contributed by atoms with Gasteiger partial charge >= 0.3 is 0 Å². The van der Waals surface area contributed by atoms with E-state index in [4.69, 9.17) is 5.73 Å². The summed E-state index contributed by atoms with van der Waals surface area (Å²) in [6.07, 6.45) is 1.63. The van der Waals surface area contributed by atoms with Gasteiger partial charge < -0.3 is 10.6 Å². The molecule has 2 atom stereocenters. The van der Waals surface area contributed by atoms with Gasteiger partial charge in [-0.25, -0.2) is 0 Å². The van der Waals surface area contributed by atoms with Crippen LogP contribution in [0, 0.1) is 0 Å². The SMILES string of the molecule is CCC(C)S(=O)CC(=O)N(C)CCCN. The summed E-state index contributed by atoms with van der Waals surface area (Å²) in [5, 5.41) is 0.0943. The van der Waals surface area contributed by atoms with Crippen LogP contribution in [0.3, 0.4) is 0 Å². The molecule has 0 aliphatic rings. The number of carbonyl (C=O) groups excluding carboxylic acids is 1. The predicted molar refractivity (Wildman–Crippen MR) is 64.1 cm³/mol. The summed E-state index contributed by atoms with van der Waals surface area (Å²) in [7, 11) is 0.685. The molecule has 0 spiro atoms. The van der Waals surface area contributed by atoms with E-state index in [9.17, 15) is 9.00 Å². The van der Waals surface area contributed by atoms with E-state index in [1.807, 2.05) is 13.8 Å². The first kappa shape index (κ1) is 14.6. The number of amides is 1. The first-order valence-corrected chi connectivity index (χ1v) is 6.72. The molecule has 0 bridgehead atoms. The summed E-state index contributed by atoms with van der Waals surface area (Å²) in [4.78, 5) is 13.2. The molecular weight excluding hydrogens is 212 g/mol. The highest BCUT2D eigenvalue weighted by atomic mass is 32.2. The lowest BCUT2D eigenvalue weighted by Gasteiger charge is -2.17. The van der Waals surface area contributed by atoms with Gasteiger partial charge in [0, 0.05) is 29.6 Å². The Morgan fingerprint density at radius 2 is 2.13 bits per heavy atom. The molecule has 0 aromatic rings. The third kappa shape index (κ3) is 5.89. The summed E-state index contributed by atoms with van der Waals surface area (Å²) in [5.41, 5.74) is 5.35. The Morgan fingerprint density at radius 1 is 1.53 bits per heavy atom. The molecule has 0 heterocycles. The van der Waals surface area contributed by atoms with Gasteiger partial charge in [0.25, 0.3) is 0 Å². The van der Waals surface area contributed by atoms with Crippen LogP contribution < -0.4 is 5.73 Å². The molecule has 0 radical (unpaired) electrons. The summed E-state index contributed by atoms with van der Waals surface area (Å²) in [6.45, 7) is 5.10. The highest BCUT2D eigenvalue weighted by Crippen LogP contribution is 2.02. The van der Waals surface area contributed by atoms with E-state index in [1.54, 1.807) is 11.9 Å². The van der Waals surface area contributed by atoms with Crippen molar-refractivity contribution < 1.29 is 9.00 Å². The van der Waals surface area contributed by atoms with E-state index in [0.717, 1.165) is 12.8 Å². The van der Waals surface area contributed by atoms with Gasteiger partial charge in [-0.05, 0) is 19.4 Å². The molecule has 5 heteroatoms. The van der Waals surface area contributed by atoms with Crippen molar-refractivity contribution in [3.05, 3.63) is 0 Å². The predicted octanol–water partition coefficient (Wildman–Crippen LogP) is 0.341. The highest BCUT2D eigenvalue weighted by molar-refractivity contribution is 7.86. The van der Waals surface area contributed by atoms with Crippen LogP contribution in [0.2, 0.25) is 0 Å². The van der Waals surface area contributed by atoms with Gasteiger partial charge in [0.15, 0.2) is 0 Å². The molecule has 90 valence electrons. The van der Waals surface area contributed by atoms with E-state index < -0.39 is 10.8 Å². The number of hydrogen-bond acceptors (Lipinski definition) is 3.